The number of hydrogen-bond donors (Lipinski definition) is 5. The van der Waals surface area contributed by atoms with E-state index in [9.17, 15) is 14.7 Å². The maximum Gasteiger partial charge on any atom is 0.354 e. The summed E-state index contributed by atoms with van der Waals surface area (Å²) in [7, 11) is 0. The van der Waals surface area contributed by atoms with Crippen LogP contribution in [0.3, 0.4) is 0 Å². The molecule has 0 aliphatic carbocycles. The molecule has 26 heavy (non-hydrogen) atoms. The maximum atomic E-state index is 11.4. The quantitative estimate of drug-likeness (QED) is 0.415. The summed E-state index contributed by atoms with van der Waals surface area (Å²) in [6.07, 6.45) is -0.741. The van der Waals surface area contributed by atoms with E-state index in [2.05, 4.69) is 9.97 Å². The standard InChI is InChI=1S/C8H12N4O4.C7H7NO2/c9-7-10-3-12(8(15)11-7)6-1-4(14)5(2-13)16-6;8-6-4-2-1-3-5(6)7(9)10/h3-6,13-14H,1-2H2,(H2,9,11,15);1-4H,8H2,(H,9,10)/t4-,5+,6+;/m0./s1. The molecule has 1 aromatic carbocycles. The molecule has 0 amide bonds. The summed E-state index contributed by atoms with van der Waals surface area (Å²) < 4.78 is 6.41. The molecule has 7 N–H and O–H groups in total. The van der Waals surface area contributed by atoms with Crippen LogP contribution < -0.4 is 17.2 Å². The van der Waals surface area contributed by atoms with Crippen LogP contribution in [0.4, 0.5) is 11.6 Å². The monoisotopic (exact) mass is 365 g/mol. The van der Waals surface area contributed by atoms with Gasteiger partial charge >= 0.3 is 11.7 Å². The fourth-order valence-electron chi connectivity index (χ4n) is 2.29. The van der Waals surface area contributed by atoms with Crippen molar-refractivity contribution in [3.8, 4) is 0 Å². The minimum atomic E-state index is -0.988. The van der Waals surface area contributed by atoms with E-state index in [0.29, 0.717) is 5.69 Å². The number of aliphatic hydroxyl groups excluding tert-OH is 2. The summed E-state index contributed by atoms with van der Waals surface area (Å²) in [6.45, 7) is -0.303. The van der Waals surface area contributed by atoms with E-state index in [-0.39, 0.29) is 24.5 Å². The van der Waals surface area contributed by atoms with Crippen LogP contribution in [0.5, 0.6) is 0 Å². The Hall–Kier alpha value is -3.02. The second-order valence-electron chi connectivity index (χ2n) is 5.41. The molecule has 140 valence electrons. The summed E-state index contributed by atoms with van der Waals surface area (Å²) in [4.78, 5) is 28.9. The molecule has 1 aliphatic heterocycles. The van der Waals surface area contributed by atoms with Crippen molar-refractivity contribution in [3.05, 3.63) is 46.6 Å². The van der Waals surface area contributed by atoms with Crippen LogP contribution in [-0.4, -0.2) is 54.6 Å². The molecule has 0 radical (unpaired) electrons. The van der Waals surface area contributed by atoms with E-state index in [0.717, 1.165) is 4.57 Å². The number of anilines is 2. The van der Waals surface area contributed by atoms with Gasteiger partial charge in [0.25, 0.3) is 0 Å². The third kappa shape index (κ3) is 4.53. The highest BCUT2D eigenvalue weighted by atomic mass is 16.5. The lowest BCUT2D eigenvalue weighted by Gasteiger charge is -2.13. The van der Waals surface area contributed by atoms with E-state index in [4.69, 9.17) is 26.4 Å². The van der Waals surface area contributed by atoms with Crippen molar-refractivity contribution in [1.82, 2.24) is 14.5 Å². The first-order chi connectivity index (χ1) is 12.3. The van der Waals surface area contributed by atoms with E-state index >= 15 is 0 Å². The van der Waals surface area contributed by atoms with Crippen molar-refractivity contribution >= 4 is 17.6 Å². The molecule has 3 atom stereocenters. The van der Waals surface area contributed by atoms with Gasteiger partial charge in [0.15, 0.2) is 0 Å². The van der Waals surface area contributed by atoms with Crippen molar-refractivity contribution in [2.24, 2.45) is 0 Å². The van der Waals surface area contributed by atoms with Gasteiger partial charge < -0.3 is 31.5 Å². The van der Waals surface area contributed by atoms with Gasteiger partial charge in [0, 0.05) is 12.1 Å². The molecule has 2 aromatic rings. The molecule has 1 saturated heterocycles. The molecular formula is C15H19N5O6. The third-order valence-corrected chi connectivity index (χ3v) is 3.63. The topological polar surface area (TPSA) is 187 Å². The Labute approximate surface area is 147 Å². The molecule has 2 heterocycles. The lowest BCUT2D eigenvalue weighted by molar-refractivity contribution is -0.0462. The third-order valence-electron chi connectivity index (χ3n) is 3.63. The van der Waals surface area contributed by atoms with Crippen LogP contribution in [0, 0.1) is 0 Å². The highest BCUT2D eigenvalue weighted by Gasteiger charge is 2.35. The highest BCUT2D eigenvalue weighted by molar-refractivity contribution is 5.93. The lowest BCUT2D eigenvalue weighted by Crippen LogP contribution is -2.28. The van der Waals surface area contributed by atoms with Crippen molar-refractivity contribution in [1.29, 1.82) is 0 Å². The average Bonchev–Trinajstić information content (AvgIpc) is 2.96. The normalized spacial score (nSPS) is 21.7. The molecule has 0 spiro atoms. The number of nitrogens with zero attached hydrogens (tertiary/aromatic N) is 3. The van der Waals surface area contributed by atoms with Crippen molar-refractivity contribution in [2.75, 3.05) is 18.1 Å². The number of aliphatic hydroxyl groups is 2. The Morgan fingerprint density at radius 1 is 1.35 bits per heavy atom. The number of carboxylic acids is 1. The van der Waals surface area contributed by atoms with Gasteiger partial charge in [-0.05, 0) is 12.1 Å². The number of nitrogen functional groups attached to an aromatic ring is 2. The SMILES string of the molecule is Nc1ccccc1C(=O)O.Nc1ncn([C@H]2C[C@H](O)[C@@H](CO)O2)c(=O)n1. The van der Waals surface area contributed by atoms with Gasteiger partial charge in [-0.2, -0.15) is 4.98 Å². The predicted octanol–water partition coefficient (Wildman–Crippen LogP) is -1.17. The van der Waals surface area contributed by atoms with E-state index in [1.54, 1.807) is 18.2 Å². The molecule has 3 rings (SSSR count). The van der Waals surface area contributed by atoms with Crippen molar-refractivity contribution in [2.45, 2.75) is 24.9 Å². The Morgan fingerprint density at radius 2 is 2.04 bits per heavy atom. The van der Waals surface area contributed by atoms with Crippen LogP contribution in [0.25, 0.3) is 0 Å². The van der Waals surface area contributed by atoms with Gasteiger partial charge in [0.05, 0.1) is 18.3 Å². The minimum Gasteiger partial charge on any atom is -0.478 e. The van der Waals surface area contributed by atoms with E-state index < -0.39 is 30.1 Å². The summed E-state index contributed by atoms with van der Waals surface area (Å²) in [5, 5.41) is 26.9. The van der Waals surface area contributed by atoms with Gasteiger partial charge in [0.2, 0.25) is 5.95 Å². The summed E-state index contributed by atoms with van der Waals surface area (Å²) in [6, 6.07) is 6.36. The van der Waals surface area contributed by atoms with Crippen LogP contribution in [0.1, 0.15) is 23.0 Å². The largest absolute Gasteiger partial charge is 0.478 e. The van der Waals surface area contributed by atoms with Crippen LogP contribution in [0.2, 0.25) is 0 Å². The first-order valence-corrected chi connectivity index (χ1v) is 7.56. The number of aromatic carboxylic acids is 1. The number of ether oxygens (including phenoxy) is 1. The number of para-hydroxylation sites is 1. The molecule has 0 unspecified atom stereocenters. The zero-order chi connectivity index (χ0) is 19.3. The maximum absolute atomic E-state index is 11.4. The Morgan fingerprint density at radius 3 is 2.54 bits per heavy atom. The van der Waals surface area contributed by atoms with Crippen molar-refractivity contribution < 1.29 is 24.9 Å². The Bertz CT molecular complexity index is 826. The minimum absolute atomic E-state index is 0.112. The lowest BCUT2D eigenvalue weighted by atomic mass is 10.2. The molecule has 1 fully saturated rings. The number of carbonyl (C=O) groups is 1. The van der Waals surface area contributed by atoms with Crippen LogP contribution in [-0.2, 0) is 4.74 Å². The second-order valence-corrected chi connectivity index (χ2v) is 5.41. The van der Waals surface area contributed by atoms with Gasteiger partial charge in [-0.15, -0.1) is 0 Å². The van der Waals surface area contributed by atoms with Gasteiger partial charge in [0.1, 0.15) is 18.7 Å². The predicted molar refractivity (Wildman–Crippen MR) is 90.1 cm³/mol. The molecular weight excluding hydrogens is 346 g/mol. The van der Waals surface area contributed by atoms with E-state index in [1.165, 1.54) is 12.4 Å². The number of nitrogens with two attached hydrogens (primary N) is 2. The van der Waals surface area contributed by atoms with Crippen molar-refractivity contribution in [3.63, 3.8) is 0 Å². The summed E-state index contributed by atoms with van der Waals surface area (Å²) >= 11 is 0. The summed E-state index contributed by atoms with van der Waals surface area (Å²) in [5.41, 5.74) is 10.4. The van der Waals surface area contributed by atoms with Gasteiger partial charge in [-0.3, -0.25) is 4.57 Å². The van der Waals surface area contributed by atoms with Gasteiger partial charge in [-0.25, -0.2) is 14.6 Å². The smallest absolute Gasteiger partial charge is 0.354 e. The molecule has 0 bridgehead atoms. The zero-order valence-electron chi connectivity index (χ0n) is 13.6. The zero-order valence-corrected chi connectivity index (χ0v) is 13.6. The number of benzene rings is 1. The molecule has 11 heteroatoms. The number of aromatic nitrogens is 3. The first-order valence-electron chi connectivity index (χ1n) is 7.56. The highest BCUT2D eigenvalue weighted by Crippen LogP contribution is 2.26. The number of carboxylic acid groups (broad SMARTS) is 1. The molecule has 1 aliphatic rings. The van der Waals surface area contributed by atoms with Crippen LogP contribution in [0.15, 0.2) is 35.4 Å². The molecule has 11 nitrogen and oxygen atoms in total. The number of rotatable bonds is 3. The molecule has 1 aromatic heterocycles. The number of hydrogen-bond acceptors (Lipinski definition) is 9. The summed E-state index contributed by atoms with van der Waals surface area (Å²) in [5.74, 6) is -1.10. The Balaban J connectivity index is 0.000000209. The Kier molecular flexibility index (Phi) is 6.22. The van der Waals surface area contributed by atoms with E-state index in [1.807, 2.05) is 0 Å². The van der Waals surface area contributed by atoms with Crippen LogP contribution >= 0.6 is 0 Å². The second kappa shape index (κ2) is 8.38. The first kappa shape index (κ1) is 19.3. The molecule has 0 saturated carbocycles. The fraction of sp³-hybridized carbons (Fsp3) is 0.333. The van der Waals surface area contributed by atoms with Gasteiger partial charge in [-0.1, -0.05) is 12.1 Å². The average molecular weight is 365 g/mol. The fourth-order valence-corrected chi connectivity index (χ4v) is 2.29.